The van der Waals surface area contributed by atoms with Crippen LogP contribution in [0.5, 0.6) is 0 Å². The van der Waals surface area contributed by atoms with Crippen LogP contribution in [0, 0.1) is 29.6 Å². The Kier molecular flexibility index (Phi) is 8.52. The molecular weight excluding hydrogens is 490 g/mol. The number of hydrogen-bond donors (Lipinski definition) is 4. The van der Waals surface area contributed by atoms with Gasteiger partial charge in [0.05, 0.1) is 17.8 Å². The molecule has 9 nitrogen and oxygen atoms in total. The average molecular weight is 532 g/mol. The Morgan fingerprint density at radius 3 is 2.63 bits per heavy atom. The van der Waals surface area contributed by atoms with Crippen LogP contribution in [0.2, 0.25) is 0 Å². The SMILES string of the molecule is CO[C@H]1C[C@H]2C=C[C@@H]([C@H]3C[C@H](O)[C@@H](C)[C@H]3OC(=O)c3ccc[nH]3)C[C@]2(O)/C(C)=C/[C@@H](C)[C@@H]([C@@H](C)O)OC1=O. The molecule has 38 heavy (non-hydrogen) atoms. The summed E-state index contributed by atoms with van der Waals surface area (Å²) in [7, 11) is 1.43. The number of hydrogen-bond acceptors (Lipinski definition) is 8. The third kappa shape index (κ3) is 5.47. The molecule has 9 heteroatoms. The van der Waals surface area contributed by atoms with E-state index in [-0.39, 0.29) is 30.1 Å². The molecule has 2 heterocycles. The number of aliphatic hydroxyl groups is 3. The highest BCUT2D eigenvalue weighted by Gasteiger charge is 2.51. The van der Waals surface area contributed by atoms with Gasteiger partial charge in [-0.25, -0.2) is 9.59 Å². The van der Waals surface area contributed by atoms with Gasteiger partial charge in [0.15, 0.2) is 6.10 Å². The van der Waals surface area contributed by atoms with Crippen molar-refractivity contribution in [3.8, 4) is 0 Å². The summed E-state index contributed by atoms with van der Waals surface area (Å²) < 4.78 is 17.0. The lowest BCUT2D eigenvalue weighted by Gasteiger charge is -2.45. The van der Waals surface area contributed by atoms with Crippen LogP contribution in [0.3, 0.4) is 0 Å². The molecule has 0 aromatic carbocycles. The van der Waals surface area contributed by atoms with E-state index in [9.17, 15) is 24.9 Å². The second-order valence-electron chi connectivity index (χ2n) is 11.4. The summed E-state index contributed by atoms with van der Waals surface area (Å²) in [6.45, 7) is 7.15. The van der Waals surface area contributed by atoms with Crippen molar-refractivity contribution >= 4 is 11.9 Å². The summed E-state index contributed by atoms with van der Waals surface area (Å²) in [5, 5.41) is 33.3. The van der Waals surface area contributed by atoms with Gasteiger partial charge in [0.1, 0.15) is 17.9 Å². The lowest BCUT2D eigenvalue weighted by molar-refractivity contribution is -0.171. The van der Waals surface area contributed by atoms with Gasteiger partial charge in [-0.15, -0.1) is 0 Å². The smallest absolute Gasteiger partial charge is 0.355 e. The maximum Gasteiger partial charge on any atom is 0.355 e. The first-order valence-electron chi connectivity index (χ1n) is 13.5. The minimum atomic E-state index is -1.31. The zero-order chi connectivity index (χ0) is 27.8. The van der Waals surface area contributed by atoms with Gasteiger partial charge < -0.3 is 34.5 Å². The van der Waals surface area contributed by atoms with Crippen LogP contribution in [0.15, 0.2) is 42.1 Å². The molecule has 4 N–H and O–H groups in total. The van der Waals surface area contributed by atoms with Gasteiger partial charge >= 0.3 is 11.9 Å². The van der Waals surface area contributed by atoms with Gasteiger partial charge in [-0.05, 0) is 56.7 Å². The zero-order valence-corrected chi connectivity index (χ0v) is 22.7. The Bertz CT molecular complexity index is 1050. The number of H-pyrrole nitrogens is 1. The van der Waals surface area contributed by atoms with Crippen LogP contribution < -0.4 is 0 Å². The van der Waals surface area contributed by atoms with Crippen LogP contribution in [-0.4, -0.2) is 75.5 Å². The summed E-state index contributed by atoms with van der Waals surface area (Å²) >= 11 is 0. The maximum absolute atomic E-state index is 12.9. The largest absolute Gasteiger partial charge is 0.457 e. The average Bonchev–Trinajstić information content (AvgIpc) is 3.50. The number of rotatable bonds is 5. The molecule has 1 fully saturated rings. The van der Waals surface area contributed by atoms with Gasteiger partial charge in [0.25, 0.3) is 0 Å². The molecule has 1 aromatic rings. The Hall–Kier alpha value is -2.46. The van der Waals surface area contributed by atoms with Crippen molar-refractivity contribution in [1.29, 1.82) is 0 Å². The number of methoxy groups -OCH3 is 1. The van der Waals surface area contributed by atoms with Crippen molar-refractivity contribution < 1.29 is 39.1 Å². The highest BCUT2D eigenvalue weighted by Crippen LogP contribution is 2.48. The van der Waals surface area contributed by atoms with Gasteiger partial charge in [0.2, 0.25) is 0 Å². The number of nitrogens with one attached hydrogen (secondary N) is 1. The van der Waals surface area contributed by atoms with Crippen molar-refractivity contribution in [2.45, 2.75) is 83.1 Å². The lowest BCUT2D eigenvalue weighted by atomic mass is 9.65. The number of allylic oxidation sites excluding steroid dienone is 1. The Balaban J connectivity index is 1.66. The molecule has 4 rings (SSSR count). The van der Waals surface area contributed by atoms with Gasteiger partial charge in [-0.3, -0.25) is 0 Å². The zero-order valence-electron chi connectivity index (χ0n) is 22.7. The molecule has 0 unspecified atom stereocenters. The topological polar surface area (TPSA) is 138 Å². The number of fused-ring (bicyclic) bond motifs is 1. The normalized spacial score (nSPS) is 41.9. The summed E-state index contributed by atoms with van der Waals surface area (Å²) in [6.07, 6.45) is 4.67. The molecule has 210 valence electrons. The van der Waals surface area contributed by atoms with Crippen LogP contribution >= 0.6 is 0 Å². The number of cyclic esters (lactones) is 1. The van der Waals surface area contributed by atoms with E-state index in [2.05, 4.69) is 4.98 Å². The van der Waals surface area contributed by atoms with E-state index in [0.717, 1.165) is 0 Å². The quantitative estimate of drug-likeness (QED) is 0.336. The third-order valence-electron chi connectivity index (χ3n) is 8.88. The van der Waals surface area contributed by atoms with Gasteiger partial charge in [0, 0.05) is 37.0 Å². The monoisotopic (exact) mass is 531 g/mol. The molecule has 0 amide bonds. The van der Waals surface area contributed by atoms with E-state index in [1.165, 1.54) is 7.11 Å². The number of aliphatic hydroxyl groups excluding tert-OH is 2. The molecule has 11 atom stereocenters. The molecule has 3 aliphatic rings. The van der Waals surface area contributed by atoms with Gasteiger partial charge in [-0.1, -0.05) is 32.1 Å². The van der Waals surface area contributed by atoms with Gasteiger partial charge in [-0.2, -0.15) is 0 Å². The first-order chi connectivity index (χ1) is 18.0. The minimum absolute atomic E-state index is 0.181. The van der Waals surface area contributed by atoms with Crippen molar-refractivity contribution in [2.75, 3.05) is 7.11 Å². The number of ether oxygens (including phenoxy) is 3. The van der Waals surface area contributed by atoms with Crippen LogP contribution in [0.1, 0.15) is 57.4 Å². The molecule has 0 bridgehead atoms. The number of carbonyl (C=O) groups is 2. The third-order valence-corrected chi connectivity index (χ3v) is 8.88. The number of esters is 2. The van der Waals surface area contributed by atoms with Crippen LogP contribution in [0.25, 0.3) is 0 Å². The molecule has 0 saturated heterocycles. The molecule has 2 aliphatic carbocycles. The van der Waals surface area contributed by atoms with Crippen molar-refractivity contribution in [3.05, 3.63) is 47.8 Å². The van der Waals surface area contributed by atoms with E-state index in [1.807, 2.05) is 39.0 Å². The fraction of sp³-hybridized carbons (Fsp3) is 0.655. The highest BCUT2D eigenvalue weighted by atomic mass is 16.6. The van der Waals surface area contributed by atoms with Crippen LogP contribution in [0.4, 0.5) is 0 Å². The molecule has 1 saturated carbocycles. The summed E-state index contributed by atoms with van der Waals surface area (Å²) in [5.41, 5.74) is -0.245. The molecule has 1 aromatic heterocycles. The Morgan fingerprint density at radius 1 is 1.26 bits per heavy atom. The Labute approximate surface area is 223 Å². The van der Waals surface area contributed by atoms with Crippen LogP contribution in [-0.2, 0) is 19.0 Å². The predicted molar refractivity (Wildman–Crippen MR) is 139 cm³/mol. The number of aromatic amines is 1. The molecule has 1 aliphatic heterocycles. The van der Waals surface area contributed by atoms with Crippen molar-refractivity contribution in [3.63, 3.8) is 0 Å². The van der Waals surface area contributed by atoms with Crippen molar-refractivity contribution in [1.82, 2.24) is 4.98 Å². The second-order valence-corrected chi connectivity index (χ2v) is 11.4. The molecule has 0 spiro atoms. The van der Waals surface area contributed by atoms with E-state index in [4.69, 9.17) is 14.2 Å². The second kappa shape index (κ2) is 11.3. The van der Waals surface area contributed by atoms with E-state index in [1.54, 1.807) is 25.3 Å². The maximum atomic E-state index is 12.9. The number of aromatic nitrogens is 1. The molecule has 0 radical (unpaired) electrons. The lowest BCUT2D eigenvalue weighted by Crippen LogP contribution is -2.49. The Morgan fingerprint density at radius 2 is 2.00 bits per heavy atom. The van der Waals surface area contributed by atoms with E-state index < -0.39 is 54.0 Å². The summed E-state index contributed by atoms with van der Waals surface area (Å²) in [4.78, 5) is 28.5. The predicted octanol–water partition coefficient (Wildman–Crippen LogP) is 2.77. The standard InChI is InChI=1S/C29H41NO8/c1-15-11-16(2)29(35)14-19(8-9-20(29)12-24(36-5)28(34)37-25(15)18(4)31)21-13-23(32)17(3)26(21)38-27(33)22-7-6-10-30-22/h6-11,15,17-21,23-26,30-32,35H,12-14H2,1-5H3/b16-11+/t15-,17-,18-,19-,20-,21-,23+,24+,25+,26-,29+/m1/s1. The summed E-state index contributed by atoms with van der Waals surface area (Å²) in [6, 6.07) is 3.37. The summed E-state index contributed by atoms with van der Waals surface area (Å²) in [5.74, 6) is -2.47. The van der Waals surface area contributed by atoms with Crippen molar-refractivity contribution in [2.24, 2.45) is 29.6 Å². The first-order valence-corrected chi connectivity index (χ1v) is 13.5. The fourth-order valence-corrected chi connectivity index (χ4v) is 6.54. The number of carbonyl (C=O) groups excluding carboxylic acids is 2. The minimum Gasteiger partial charge on any atom is -0.457 e. The van der Waals surface area contributed by atoms with E-state index in [0.29, 0.717) is 24.1 Å². The van der Waals surface area contributed by atoms with E-state index >= 15 is 0 Å². The first kappa shape index (κ1) is 28.5. The highest BCUT2D eigenvalue weighted by molar-refractivity contribution is 5.87. The molecular formula is C29H41NO8. The fourth-order valence-electron chi connectivity index (χ4n) is 6.54.